The van der Waals surface area contributed by atoms with Gasteiger partial charge in [0, 0.05) is 18.3 Å². The summed E-state index contributed by atoms with van der Waals surface area (Å²) < 4.78 is 5.28. The number of benzene rings is 2. The van der Waals surface area contributed by atoms with Crippen molar-refractivity contribution >= 4 is 23.6 Å². The number of rotatable bonds is 7. The fraction of sp³-hybridized carbons (Fsp3) is 0.483. The molecule has 2 aromatic carbocycles. The summed E-state index contributed by atoms with van der Waals surface area (Å²) in [6.45, 7) is 4.82. The second-order valence-corrected chi connectivity index (χ2v) is 10.4. The second kappa shape index (κ2) is 11.7. The fourth-order valence-electron chi connectivity index (χ4n) is 5.44. The highest BCUT2D eigenvalue weighted by Crippen LogP contribution is 2.35. The third-order valence-corrected chi connectivity index (χ3v) is 7.65. The molecule has 198 valence electrons. The van der Waals surface area contributed by atoms with Crippen LogP contribution in [0.3, 0.4) is 0 Å². The maximum Gasteiger partial charge on any atom is 0.339 e. The normalized spacial score (nSPS) is 21.5. The molecule has 1 heterocycles. The van der Waals surface area contributed by atoms with Gasteiger partial charge < -0.3 is 25.4 Å². The predicted octanol–water partition coefficient (Wildman–Crippen LogP) is 5.36. The zero-order valence-electron chi connectivity index (χ0n) is 21.8. The van der Waals surface area contributed by atoms with Gasteiger partial charge in [-0.25, -0.2) is 9.59 Å². The van der Waals surface area contributed by atoms with Crippen LogP contribution in [0.15, 0.2) is 42.5 Å². The number of anilines is 1. The minimum atomic E-state index is -1.01. The Morgan fingerprint density at radius 2 is 1.70 bits per heavy atom. The summed E-state index contributed by atoms with van der Waals surface area (Å²) in [5, 5.41) is 15.4. The molecule has 0 radical (unpaired) electrons. The Kier molecular flexibility index (Phi) is 8.36. The van der Waals surface area contributed by atoms with E-state index in [0.29, 0.717) is 30.6 Å². The number of carboxylic acid groups (broad SMARTS) is 1. The lowest BCUT2D eigenvalue weighted by atomic mass is 9.81. The highest BCUT2D eigenvalue weighted by molar-refractivity contribution is 5.94. The van der Waals surface area contributed by atoms with Gasteiger partial charge in [-0.3, -0.25) is 4.79 Å². The third-order valence-electron chi connectivity index (χ3n) is 7.65. The number of aromatic carboxylic acids is 1. The summed E-state index contributed by atoms with van der Waals surface area (Å²) in [5.41, 5.74) is 3.16. The molecule has 2 aliphatic rings. The van der Waals surface area contributed by atoms with Gasteiger partial charge in [0.05, 0.1) is 7.11 Å². The van der Waals surface area contributed by atoms with Crippen LogP contribution in [0.5, 0.6) is 5.75 Å². The zero-order valence-corrected chi connectivity index (χ0v) is 21.8. The molecule has 1 saturated carbocycles. The first-order valence-electron chi connectivity index (χ1n) is 13.2. The lowest BCUT2D eigenvalue weighted by Gasteiger charge is -2.31. The van der Waals surface area contributed by atoms with Crippen LogP contribution in [-0.2, 0) is 4.79 Å². The molecule has 1 aliphatic heterocycles. The summed E-state index contributed by atoms with van der Waals surface area (Å²) >= 11 is 0. The van der Waals surface area contributed by atoms with Gasteiger partial charge in [0.1, 0.15) is 17.4 Å². The van der Waals surface area contributed by atoms with Crippen LogP contribution in [0, 0.1) is 0 Å². The number of methoxy groups -OCH3 is 1. The maximum absolute atomic E-state index is 13.1. The SMILES string of the molecule is COc1cc(C2CCC(NC(=O)[C@H]3CCCN3C(=O)Nc3ccc(C(C)C)cc3)CC2)ccc1C(=O)O. The highest BCUT2D eigenvalue weighted by Gasteiger charge is 2.35. The van der Waals surface area contributed by atoms with E-state index < -0.39 is 12.0 Å². The van der Waals surface area contributed by atoms with Crippen molar-refractivity contribution in [3.05, 3.63) is 59.2 Å². The average Bonchev–Trinajstić information content (AvgIpc) is 3.39. The van der Waals surface area contributed by atoms with E-state index in [1.165, 1.54) is 12.7 Å². The van der Waals surface area contributed by atoms with Crippen molar-refractivity contribution in [3.8, 4) is 5.75 Å². The molecule has 4 rings (SSSR count). The molecular weight excluding hydrogens is 470 g/mol. The van der Waals surface area contributed by atoms with Gasteiger partial charge >= 0.3 is 12.0 Å². The smallest absolute Gasteiger partial charge is 0.339 e. The number of carbonyl (C=O) groups is 3. The Hall–Kier alpha value is -3.55. The highest BCUT2D eigenvalue weighted by atomic mass is 16.5. The van der Waals surface area contributed by atoms with Crippen LogP contribution in [-0.4, -0.2) is 53.7 Å². The van der Waals surface area contributed by atoms with E-state index in [-0.39, 0.29) is 23.5 Å². The number of hydrogen-bond acceptors (Lipinski definition) is 4. The number of amides is 3. The van der Waals surface area contributed by atoms with Gasteiger partial charge in [0.25, 0.3) is 0 Å². The fourth-order valence-corrected chi connectivity index (χ4v) is 5.44. The average molecular weight is 508 g/mol. The van der Waals surface area contributed by atoms with Crippen molar-refractivity contribution in [2.75, 3.05) is 19.0 Å². The zero-order chi connectivity index (χ0) is 26.5. The Bertz CT molecular complexity index is 1120. The van der Waals surface area contributed by atoms with E-state index in [4.69, 9.17) is 4.74 Å². The Labute approximate surface area is 218 Å². The molecule has 0 spiro atoms. The van der Waals surface area contributed by atoms with Gasteiger partial charge in [0.15, 0.2) is 0 Å². The number of carbonyl (C=O) groups excluding carboxylic acids is 2. The first kappa shape index (κ1) is 26.5. The molecule has 8 nitrogen and oxygen atoms in total. The monoisotopic (exact) mass is 507 g/mol. The third kappa shape index (κ3) is 6.24. The van der Waals surface area contributed by atoms with Crippen molar-refractivity contribution in [2.45, 2.75) is 76.3 Å². The van der Waals surface area contributed by atoms with Crippen molar-refractivity contribution in [1.29, 1.82) is 0 Å². The molecule has 8 heteroatoms. The molecule has 0 bridgehead atoms. The summed E-state index contributed by atoms with van der Waals surface area (Å²) in [4.78, 5) is 39.1. The topological polar surface area (TPSA) is 108 Å². The summed E-state index contributed by atoms with van der Waals surface area (Å²) in [7, 11) is 1.48. The van der Waals surface area contributed by atoms with Gasteiger partial charge in [-0.2, -0.15) is 0 Å². The summed E-state index contributed by atoms with van der Waals surface area (Å²) in [6.07, 6.45) is 4.92. The number of hydrogen-bond donors (Lipinski definition) is 3. The molecule has 3 N–H and O–H groups in total. The number of nitrogens with one attached hydrogen (secondary N) is 2. The molecule has 2 fully saturated rings. The summed E-state index contributed by atoms with van der Waals surface area (Å²) in [5.74, 6) is -0.00403. The van der Waals surface area contributed by atoms with Crippen molar-refractivity contribution in [2.24, 2.45) is 0 Å². The second-order valence-electron chi connectivity index (χ2n) is 10.4. The number of nitrogens with zero attached hydrogens (tertiary/aromatic N) is 1. The number of carboxylic acids is 1. The van der Waals surface area contributed by atoms with Crippen molar-refractivity contribution in [3.63, 3.8) is 0 Å². The van der Waals surface area contributed by atoms with Crippen LogP contribution in [0.4, 0.5) is 10.5 Å². The van der Waals surface area contributed by atoms with Crippen LogP contribution in [0.25, 0.3) is 0 Å². The Morgan fingerprint density at radius 3 is 2.32 bits per heavy atom. The van der Waals surface area contributed by atoms with Gasteiger partial charge in [-0.05, 0) is 85.8 Å². The molecule has 37 heavy (non-hydrogen) atoms. The van der Waals surface area contributed by atoms with Crippen LogP contribution < -0.4 is 15.4 Å². The van der Waals surface area contributed by atoms with Crippen molar-refractivity contribution < 1.29 is 24.2 Å². The molecule has 1 atom stereocenters. The molecule has 0 aromatic heterocycles. The molecule has 1 aliphatic carbocycles. The number of likely N-dealkylation sites (tertiary alicyclic amines) is 1. The van der Waals surface area contributed by atoms with Crippen LogP contribution in [0.1, 0.15) is 85.7 Å². The molecular formula is C29H37N3O5. The molecule has 1 saturated heterocycles. The number of urea groups is 1. The van der Waals surface area contributed by atoms with Gasteiger partial charge in [-0.1, -0.05) is 32.0 Å². The molecule has 2 aromatic rings. The van der Waals surface area contributed by atoms with E-state index in [9.17, 15) is 19.5 Å². The maximum atomic E-state index is 13.1. The quantitative estimate of drug-likeness (QED) is 0.468. The van der Waals surface area contributed by atoms with E-state index in [1.807, 2.05) is 36.4 Å². The van der Waals surface area contributed by atoms with Crippen LogP contribution in [0.2, 0.25) is 0 Å². The molecule has 0 unspecified atom stereocenters. The first-order chi connectivity index (χ1) is 17.8. The largest absolute Gasteiger partial charge is 0.496 e. The van der Waals surface area contributed by atoms with E-state index in [0.717, 1.165) is 43.4 Å². The van der Waals surface area contributed by atoms with E-state index in [1.54, 1.807) is 11.0 Å². The van der Waals surface area contributed by atoms with Gasteiger partial charge in [0.2, 0.25) is 5.91 Å². The first-order valence-corrected chi connectivity index (χ1v) is 13.2. The Morgan fingerprint density at radius 1 is 1.00 bits per heavy atom. The van der Waals surface area contributed by atoms with E-state index >= 15 is 0 Å². The van der Waals surface area contributed by atoms with E-state index in [2.05, 4.69) is 24.5 Å². The lowest BCUT2D eigenvalue weighted by Crippen LogP contribution is -2.50. The lowest BCUT2D eigenvalue weighted by molar-refractivity contribution is -0.125. The predicted molar refractivity (Wildman–Crippen MR) is 142 cm³/mol. The molecule has 3 amide bonds. The Balaban J connectivity index is 1.30. The standard InChI is InChI=1S/C29H37N3O5/c1-18(2)19-6-11-23(12-7-19)31-29(36)32-16-4-5-25(32)27(33)30-22-13-8-20(9-14-22)21-10-15-24(28(34)35)26(17-21)37-3/h6-7,10-12,15,17-18,20,22,25H,4-5,8-9,13-14,16H2,1-3H3,(H,30,33)(H,31,36)(H,34,35)/t20?,22?,25-/m1/s1. The van der Waals surface area contributed by atoms with Crippen molar-refractivity contribution in [1.82, 2.24) is 10.2 Å². The van der Waals surface area contributed by atoms with Crippen LogP contribution >= 0.6 is 0 Å². The van der Waals surface area contributed by atoms with Gasteiger partial charge in [-0.15, -0.1) is 0 Å². The minimum absolute atomic E-state index is 0.0676. The number of ether oxygens (including phenoxy) is 1. The minimum Gasteiger partial charge on any atom is -0.496 e. The summed E-state index contributed by atoms with van der Waals surface area (Å²) in [6, 6.07) is 12.5.